The summed E-state index contributed by atoms with van der Waals surface area (Å²) in [5, 5.41) is 6.56. The molecule has 1 heterocycles. The standard InChI is InChI=1S/C23H20FN3O4S/c1-27(19-10-3-2-4-11-19)32(29,30)20-12-6-9-18(14-20)25-23(28)22-15-21(26-31-22)16-7-5-8-17(24)13-16/h2-14,22H,15H2,1H3,(H,25,28). The Kier molecular flexibility index (Phi) is 5.91. The van der Waals surface area contributed by atoms with Crippen LogP contribution in [0, 0.1) is 5.82 Å². The van der Waals surface area contributed by atoms with Crippen LogP contribution in [-0.2, 0) is 19.7 Å². The number of sulfonamides is 1. The Morgan fingerprint density at radius 3 is 2.56 bits per heavy atom. The first-order valence-electron chi connectivity index (χ1n) is 9.78. The molecule has 32 heavy (non-hydrogen) atoms. The molecule has 0 aliphatic carbocycles. The molecule has 0 saturated heterocycles. The van der Waals surface area contributed by atoms with Gasteiger partial charge < -0.3 is 10.2 Å². The van der Waals surface area contributed by atoms with Crippen molar-refractivity contribution in [3.63, 3.8) is 0 Å². The van der Waals surface area contributed by atoms with Crippen LogP contribution in [0.3, 0.4) is 0 Å². The summed E-state index contributed by atoms with van der Waals surface area (Å²) >= 11 is 0. The molecule has 1 aliphatic heterocycles. The van der Waals surface area contributed by atoms with E-state index in [0.717, 1.165) is 0 Å². The van der Waals surface area contributed by atoms with Crippen LogP contribution in [0.4, 0.5) is 15.8 Å². The summed E-state index contributed by atoms with van der Waals surface area (Å²) in [4.78, 5) is 17.9. The number of halogens is 1. The van der Waals surface area contributed by atoms with Gasteiger partial charge in [0.2, 0.25) is 6.10 Å². The van der Waals surface area contributed by atoms with E-state index in [4.69, 9.17) is 4.84 Å². The average Bonchev–Trinajstić information content (AvgIpc) is 3.30. The lowest BCUT2D eigenvalue weighted by Crippen LogP contribution is -2.29. The third-order valence-electron chi connectivity index (χ3n) is 5.00. The van der Waals surface area contributed by atoms with Gasteiger partial charge in [0.15, 0.2) is 0 Å². The zero-order valence-electron chi connectivity index (χ0n) is 17.1. The smallest absolute Gasteiger partial charge is 0.268 e. The SMILES string of the molecule is CN(c1ccccc1)S(=O)(=O)c1cccc(NC(=O)C2CC(c3cccc(F)c3)=NO2)c1. The number of nitrogens with one attached hydrogen (secondary N) is 1. The van der Waals surface area contributed by atoms with E-state index in [1.807, 2.05) is 0 Å². The van der Waals surface area contributed by atoms with E-state index in [1.54, 1.807) is 54.6 Å². The summed E-state index contributed by atoms with van der Waals surface area (Å²) in [6.45, 7) is 0. The van der Waals surface area contributed by atoms with Crippen molar-refractivity contribution in [3.05, 3.63) is 90.2 Å². The molecule has 1 aliphatic rings. The predicted octanol–water partition coefficient (Wildman–Crippen LogP) is 3.78. The van der Waals surface area contributed by atoms with Gasteiger partial charge in [-0.3, -0.25) is 9.10 Å². The maximum atomic E-state index is 13.4. The highest BCUT2D eigenvalue weighted by atomic mass is 32.2. The average molecular weight is 453 g/mol. The molecular weight excluding hydrogens is 433 g/mol. The van der Waals surface area contributed by atoms with Gasteiger partial charge in [-0.2, -0.15) is 0 Å². The lowest BCUT2D eigenvalue weighted by atomic mass is 10.0. The molecule has 1 N–H and O–H groups in total. The van der Waals surface area contributed by atoms with Crippen molar-refractivity contribution in [2.75, 3.05) is 16.7 Å². The van der Waals surface area contributed by atoms with Gasteiger partial charge in [-0.15, -0.1) is 0 Å². The second-order valence-corrected chi connectivity index (χ2v) is 9.14. The number of carbonyl (C=O) groups is 1. The number of carbonyl (C=O) groups excluding carboxylic acids is 1. The van der Waals surface area contributed by atoms with Crippen LogP contribution in [0.1, 0.15) is 12.0 Å². The van der Waals surface area contributed by atoms with Crippen molar-refractivity contribution in [3.8, 4) is 0 Å². The summed E-state index contributed by atoms with van der Waals surface area (Å²) in [6.07, 6.45) is -0.732. The number of hydrogen-bond donors (Lipinski definition) is 1. The number of oxime groups is 1. The number of rotatable bonds is 6. The highest BCUT2D eigenvalue weighted by molar-refractivity contribution is 7.92. The minimum absolute atomic E-state index is 0.0330. The van der Waals surface area contributed by atoms with E-state index >= 15 is 0 Å². The molecule has 0 bridgehead atoms. The third-order valence-corrected chi connectivity index (χ3v) is 6.78. The van der Waals surface area contributed by atoms with E-state index in [1.165, 1.54) is 35.6 Å². The Morgan fingerprint density at radius 1 is 1.06 bits per heavy atom. The fourth-order valence-corrected chi connectivity index (χ4v) is 4.49. The number of benzene rings is 3. The fraction of sp³-hybridized carbons (Fsp3) is 0.130. The topological polar surface area (TPSA) is 88.1 Å². The first-order valence-corrected chi connectivity index (χ1v) is 11.2. The normalized spacial score (nSPS) is 15.6. The molecular formula is C23H20FN3O4S. The zero-order chi connectivity index (χ0) is 22.7. The van der Waals surface area contributed by atoms with Gasteiger partial charge in [0.1, 0.15) is 5.82 Å². The van der Waals surface area contributed by atoms with Crippen LogP contribution >= 0.6 is 0 Å². The molecule has 0 radical (unpaired) electrons. The second kappa shape index (κ2) is 8.80. The highest BCUT2D eigenvalue weighted by Crippen LogP contribution is 2.24. The second-order valence-electron chi connectivity index (χ2n) is 7.17. The van der Waals surface area contributed by atoms with Crippen LogP contribution < -0.4 is 9.62 Å². The van der Waals surface area contributed by atoms with Gasteiger partial charge in [0, 0.05) is 24.7 Å². The largest absolute Gasteiger partial charge is 0.382 e. The van der Waals surface area contributed by atoms with E-state index in [2.05, 4.69) is 10.5 Å². The van der Waals surface area contributed by atoms with Gasteiger partial charge >= 0.3 is 0 Å². The molecule has 1 unspecified atom stereocenters. The quantitative estimate of drug-likeness (QED) is 0.615. The third kappa shape index (κ3) is 4.47. The lowest BCUT2D eigenvalue weighted by Gasteiger charge is -2.20. The van der Waals surface area contributed by atoms with Crippen LogP contribution in [0.5, 0.6) is 0 Å². The molecule has 0 saturated carbocycles. The van der Waals surface area contributed by atoms with Crippen LogP contribution in [0.25, 0.3) is 0 Å². The Labute approximate surface area is 185 Å². The summed E-state index contributed by atoms with van der Waals surface area (Å²) in [5.41, 5.74) is 1.83. The van der Waals surface area contributed by atoms with Crippen molar-refractivity contribution in [1.82, 2.24) is 0 Å². The molecule has 1 atom stereocenters. The molecule has 1 amide bonds. The van der Waals surface area contributed by atoms with Gasteiger partial charge in [0.25, 0.3) is 15.9 Å². The molecule has 9 heteroatoms. The zero-order valence-corrected chi connectivity index (χ0v) is 17.9. The van der Waals surface area contributed by atoms with Crippen LogP contribution in [0.2, 0.25) is 0 Å². The summed E-state index contributed by atoms with van der Waals surface area (Å²) in [7, 11) is -2.36. The number of anilines is 2. The number of nitrogens with zero attached hydrogens (tertiary/aromatic N) is 2. The maximum Gasteiger partial charge on any atom is 0.268 e. The molecule has 7 nitrogen and oxygen atoms in total. The molecule has 0 fully saturated rings. The maximum absolute atomic E-state index is 13.4. The van der Waals surface area contributed by atoms with Crippen molar-refractivity contribution >= 4 is 33.0 Å². The first-order chi connectivity index (χ1) is 15.3. The number of para-hydroxylation sites is 1. The van der Waals surface area contributed by atoms with E-state index < -0.39 is 27.9 Å². The number of hydrogen-bond acceptors (Lipinski definition) is 5. The van der Waals surface area contributed by atoms with Gasteiger partial charge in [-0.25, -0.2) is 12.8 Å². The Hall–Kier alpha value is -3.72. The monoisotopic (exact) mass is 453 g/mol. The molecule has 4 rings (SSSR count). The number of amides is 1. The van der Waals surface area contributed by atoms with E-state index in [9.17, 15) is 17.6 Å². The predicted molar refractivity (Wildman–Crippen MR) is 120 cm³/mol. The summed E-state index contributed by atoms with van der Waals surface area (Å²) < 4.78 is 40.6. The Bertz CT molecular complexity index is 1280. The molecule has 3 aromatic rings. The molecule has 0 spiro atoms. The molecule has 0 aromatic heterocycles. The summed E-state index contributed by atoms with van der Waals surface area (Å²) in [5.74, 6) is -0.886. The van der Waals surface area contributed by atoms with Crippen LogP contribution in [0.15, 0.2) is 88.9 Å². The molecule has 164 valence electrons. The van der Waals surface area contributed by atoms with Crippen molar-refractivity contribution < 1.29 is 22.4 Å². The van der Waals surface area contributed by atoms with Crippen molar-refractivity contribution in [1.29, 1.82) is 0 Å². The van der Waals surface area contributed by atoms with E-state index in [0.29, 0.717) is 22.6 Å². The minimum Gasteiger partial charge on any atom is -0.382 e. The first kappa shape index (κ1) is 21.5. The van der Waals surface area contributed by atoms with Crippen LogP contribution in [-0.4, -0.2) is 33.2 Å². The Morgan fingerprint density at radius 2 is 1.81 bits per heavy atom. The van der Waals surface area contributed by atoms with Gasteiger partial charge in [-0.05, 0) is 42.5 Å². The van der Waals surface area contributed by atoms with Gasteiger partial charge in [-0.1, -0.05) is 41.6 Å². The van der Waals surface area contributed by atoms with Crippen molar-refractivity contribution in [2.24, 2.45) is 5.16 Å². The lowest BCUT2D eigenvalue weighted by molar-refractivity contribution is -0.125. The highest BCUT2D eigenvalue weighted by Gasteiger charge is 2.29. The minimum atomic E-state index is -3.83. The fourth-order valence-electron chi connectivity index (χ4n) is 3.25. The van der Waals surface area contributed by atoms with Gasteiger partial charge in [0.05, 0.1) is 16.3 Å². The summed E-state index contributed by atoms with van der Waals surface area (Å²) in [6, 6.07) is 20.5. The van der Waals surface area contributed by atoms with Crippen molar-refractivity contribution in [2.45, 2.75) is 17.4 Å². The molecule has 3 aromatic carbocycles. The Balaban J connectivity index is 1.46. The van der Waals surface area contributed by atoms with E-state index in [-0.39, 0.29) is 11.3 Å².